The van der Waals surface area contributed by atoms with E-state index in [1.54, 1.807) is 0 Å². The summed E-state index contributed by atoms with van der Waals surface area (Å²) in [6.07, 6.45) is 7.09. The van der Waals surface area contributed by atoms with Crippen molar-refractivity contribution < 1.29 is 0 Å². The van der Waals surface area contributed by atoms with Crippen LogP contribution in [0.3, 0.4) is 0 Å². The molecule has 0 N–H and O–H groups in total. The van der Waals surface area contributed by atoms with E-state index >= 15 is 0 Å². The molecule has 1 aliphatic rings. The Hall–Kier alpha value is -7.94. The highest BCUT2D eigenvalue weighted by molar-refractivity contribution is 5.82. The highest BCUT2D eigenvalue weighted by atomic mass is 15.1. The first kappa shape index (κ1) is 39.2. The molecule has 1 aliphatic carbocycles. The molecular weight excluding hydrogens is 761 g/mol. The summed E-state index contributed by atoms with van der Waals surface area (Å²) >= 11 is 0. The van der Waals surface area contributed by atoms with Gasteiger partial charge in [0.2, 0.25) is 0 Å². The zero-order valence-electron chi connectivity index (χ0n) is 35.4. The third kappa shape index (κ3) is 8.53. The fourth-order valence-electron chi connectivity index (χ4n) is 8.85. The first-order valence-electron chi connectivity index (χ1n) is 21.9. The van der Waals surface area contributed by atoms with Crippen LogP contribution in [-0.4, -0.2) is 0 Å². The Bertz CT molecular complexity index is 2860. The molecule has 0 fully saturated rings. The topological polar surface area (TPSA) is 6.48 Å². The molecular formula is C61H48N2. The number of nitrogens with zero attached hydrogens (tertiary/aromatic N) is 2. The first-order valence-corrected chi connectivity index (χ1v) is 21.9. The SMILES string of the molecule is CC1C=C(N(c2ccc(-c3ccccc3)cc2)c2ccc(-c3ccc(N(c4ccc(-c5ccccc5)cc4)c4ccc(-c5ccccc5)cc4)cc3)cc2)C=CC1c1ccccc1. The molecule has 0 radical (unpaired) electrons. The fraction of sp³-hybridized carbons (Fsp3) is 0.0492. The maximum absolute atomic E-state index is 2.42. The van der Waals surface area contributed by atoms with Crippen molar-refractivity contribution in [2.24, 2.45) is 5.92 Å². The van der Waals surface area contributed by atoms with Crippen LogP contribution in [0.4, 0.5) is 28.4 Å². The minimum Gasteiger partial charge on any atom is -0.311 e. The average molecular weight is 809 g/mol. The molecule has 0 saturated heterocycles. The second-order valence-corrected chi connectivity index (χ2v) is 16.2. The maximum atomic E-state index is 2.42. The smallest absolute Gasteiger partial charge is 0.0462 e. The summed E-state index contributed by atoms with van der Waals surface area (Å²) in [5.41, 5.74) is 17.6. The van der Waals surface area contributed by atoms with Crippen LogP contribution in [-0.2, 0) is 0 Å². The standard InChI is InChI=1S/C61H48N2/c1-45-44-60(42-43-61(45)54-20-12-5-13-21-54)63(58-38-26-51(27-39-58)48-18-10-4-11-19-48)59-40-30-53(31-41-59)52-28-36-57(37-29-52)62(55-32-22-49(23-33-55)46-14-6-2-7-15-46)56-34-24-50(25-35-56)47-16-8-3-9-17-47/h2-45,61H,1H3. The summed E-state index contributed by atoms with van der Waals surface area (Å²) in [6, 6.07) is 87.2. The first-order chi connectivity index (χ1) is 31.1. The van der Waals surface area contributed by atoms with Crippen molar-refractivity contribution in [1.82, 2.24) is 0 Å². The lowest BCUT2D eigenvalue weighted by atomic mass is 9.83. The molecule has 9 aromatic carbocycles. The molecule has 0 aromatic heterocycles. The normalized spacial score (nSPS) is 14.5. The lowest BCUT2D eigenvalue weighted by Crippen LogP contribution is -2.20. The molecule has 2 atom stereocenters. The van der Waals surface area contributed by atoms with Gasteiger partial charge < -0.3 is 9.80 Å². The zero-order valence-corrected chi connectivity index (χ0v) is 35.4. The van der Waals surface area contributed by atoms with E-state index in [9.17, 15) is 0 Å². The van der Waals surface area contributed by atoms with Crippen LogP contribution in [0.2, 0.25) is 0 Å². The number of anilines is 5. The highest BCUT2D eigenvalue weighted by Gasteiger charge is 2.23. The van der Waals surface area contributed by atoms with Crippen LogP contribution in [0.25, 0.3) is 44.5 Å². The Morgan fingerprint density at radius 1 is 0.286 bits per heavy atom. The van der Waals surface area contributed by atoms with Gasteiger partial charge in [-0.1, -0.05) is 201 Å². The summed E-state index contributed by atoms with van der Waals surface area (Å²) in [7, 11) is 0. The van der Waals surface area contributed by atoms with Gasteiger partial charge in [-0.25, -0.2) is 0 Å². The molecule has 0 spiro atoms. The molecule has 0 amide bonds. The van der Waals surface area contributed by atoms with E-state index in [4.69, 9.17) is 0 Å². The Morgan fingerprint density at radius 2 is 0.556 bits per heavy atom. The number of allylic oxidation sites excluding steroid dienone is 3. The van der Waals surface area contributed by atoms with Crippen LogP contribution in [0.1, 0.15) is 18.4 Å². The number of benzene rings is 9. The van der Waals surface area contributed by atoms with E-state index in [1.165, 1.54) is 55.8 Å². The van der Waals surface area contributed by atoms with Crippen molar-refractivity contribution in [2.75, 3.05) is 9.80 Å². The van der Waals surface area contributed by atoms with Gasteiger partial charge in [0.05, 0.1) is 0 Å². The molecule has 302 valence electrons. The van der Waals surface area contributed by atoms with E-state index in [1.807, 2.05) is 0 Å². The zero-order chi connectivity index (χ0) is 42.4. The number of hydrogen-bond acceptors (Lipinski definition) is 2. The van der Waals surface area contributed by atoms with Crippen LogP contribution >= 0.6 is 0 Å². The van der Waals surface area contributed by atoms with Gasteiger partial charge in [0.1, 0.15) is 0 Å². The van der Waals surface area contributed by atoms with E-state index in [0.29, 0.717) is 11.8 Å². The second kappa shape index (κ2) is 18.0. The van der Waals surface area contributed by atoms with Gasteiger partial charge in [-0.05, 0) is 123 Å². The van der Waals surface area contributed by atoms with Gasteiger partial charge in [0.25, 0.3) is 0 Å². The molecule has 63 heavy (non-hydrogen) atoms. The van der Waals surface area contributed by atoms with E-state index in [-0.39, 0.29) is 0 Å². The Kier molecular flexibility index (Phi) is 11.2. The Morgan fingerprint density at radius 3 is 0.857 bits per heavy atom. The largest absolute Gasteiger partial charge is 0.311 e. The highest BCUT2D eigenvalue weighted by Crippen LogP contribution is 2.41. The second-order valence-electron chi connectivity index (χ2n) is 16.2. The van der Waals surface area contributed by atoms with Crippen LogP contribution in [0.5, 0.6) is 0 Å². The molecule has 2 unspecified atom stereocenters. The number of rotatable bonds is 11. The lowest BCUT2D eigenvalue weighted by molar-refractivity contribution is 0.628. The summed E-state index contributed by atoms with van der Waals surface area (Å²) in [5.74, 6) is 0.667. The monoisotopic (exact) mass is 808 g/mol. The van der Waals surface area contributed by atoms with Gasteiger partial charge in [-0.3, -0.25) is 0 Å². The third-order valence-corrected chi connectivity index (χ3v) is 12.2. The predicted molar refractivity (Wildman–Crippen MR) is 267 cm³/mol. The van der Waals surface area contributed by atoms with Crippen molar-refractivity contribution in [3.05, 3.63) is 272 Å². The van der Waals surface area contributed by atoms with Crippen LogP contribution in [0, 0.1) is 5.92 Å². The molecule has 0 heterocycles. The van der Waals surface area contributed by atoms with Gasteiger partial charge in [-0.15, -0.1) is 0 Å². The van der Waals surface area contributed by atoms with E-state index < -0.39 is 0 Å². The van der Waals surface area contributed by atoms with Crippen molar-refractivity contribution in [1.29, 1.82) is 0 Å². The average Bonchev–Trinajstić information content (AvgIpc) is 3.36. The molecule has 0 saturated carbocycles. The Balaban J connectivity index is 0.957. The molecule has 0 aliphatic heterocycles. The predicted octanol–water partition coefficient (Wildman–Crippen LogP) is 16.8. The molecule has 9 aromatic rings. The van der Waals surface area contributed by atoms with Crippen LogP contribution in [0.15, 0.2) is 267 Å². The van der Waals surface area contributed by atoms with Gasteiger partial charge >= 0.3 is 0 Å². The van der Waals surface area contributed by atoms with Crippen molar-refractivity contribution in [2.45, 2.75) is 12.8 Å². The van der Waals surface area contributed by atoms with Gasteiger partial charge in [0, 0.05) is 40.1 Å². The fourth-order valence-corrected chi connectivity index (χ4v) is 8.85. The van der Waals surface area contributed by atoms with E-state index in [2.05, 4.69) is 278 Å². The Labute approximate surface area is 372 Å². The minimum atomic E-state index is 0.333. The maximum Gasteiger partial charge on any atom is 0.0462 e. The quantitative estimate of drug-likeness (QED) is 0.128. The summed E-state index contributed by atoms with van der Waals surface area (Å²) in [4.78, 5) is 4.73. The lowest BCUT2D eigenvalue weighted by Gasteiger charge is -2.31. The van der Waals surface area contributed by atoms with Crippen molar-refractivity contribution in [3.8, 4) is 44.5 Å². The van der Waals surface area contributed by atoms with Crippen molar-refractivity contribution in [3.63, 3.8) is 0 Å². The van der Waals surface area contributed by atoms with Crippen LogP contribution < -0.4 is 9.80 Å². The third-order valence-electron chi connectivity index (χ3n) is 12.2. The molecule has 2 nitrogen and oxygen atoms in total. The minimum absolute atomic E-state index is 0.333. The number of hydrogen-bond donors (Lipinski definition) is 0. The summed E-state index contributed by atoms with van der Waals surface area (Å²) < 4.78 is 0. The molecule has 2 heteroatoms. The molecule has 0 bridgehead atoms. The summed E-state index contributed by atoms with van der Waals surface area (Å²) in [5, 5.41) is 0. The van der Waals surface area contributed by atoms with Crippen molar-refractivity contribution >= 4 is 28.4 Å². The van der Waals surface area contributed by atoms with Gasteiger partial charge in [0.15, 0.2) is 0 Å². The van der Waals surface area contributed by atoms with Gasteiger partial charge in [-0.2, -0.15) is 0 Å². The molecule has 10 rings (SSSR count). The van der Waals surface area contributed by atoms with E-state index in [0.717, 1.165) is 28.4 Å². The summed E-state index contributed by atoms with van der Waals surface area (Å²) in [6.45, 7) is 2.32.